The molecule has 2 N–H and O–H groups in total. The molecule has 8 nitrogen and oxygen atoms in total. The van der Waals surface area contributed by atoms with E-state index in [2.05, 4.69) is 92.0 Å². The minimum Gasteiger partial charge on any atom is -0.477 e. The Bertz CT molecular complexity index is 1060. The van der Waals surface area contributed by atoms with Crippen LogP contribution in [0.25, 0.3) is 0 Å². The monoisotopic (exact) mass is 729 g/mol. The molecule has 2 unspecified atom stereocenters. The summed E-state index contributed by atoms with van der Waals surface area (Å²) in [5.41, 5.74) is 0. The Balaban J connectivity index is 3.60. The van der Waals surface area contributed by atoms with Gasteiger partial charge in [0.2, 0.25) is 0 Å². The fraction of sp³-hybridized carbons (Fsp3) is 0.636. The standard InChI is InChI=1S/C44H73NO7/c1-5-6-7-8-9-10-11-12-13-14-15-16-17-18-19-20-21-22-23-24-25-26-27-28-29-30-31-32-33-34-35-36-42(47)51-39-41(46)40-52-44(43(48)49)50-38-37-45(2,3)4/h6-7,9-10,12-13,15-16,18-19,21-22,24-25,41,44,46H,5,8,11,14,17,20,23,26-40H2,1-4H3/p+1/b7-6-,10-9-,13-12-,16-15-,19-18-,22-21-,25-24-. The molecule has 0 saturated carbocycles. The molecule has 8 heteroatoms. The first kappa shape index (κ1) is 49.0. The van der Waals surface area contributed by atoms with Crippen molar-refractivity contribution in [1.82, 2.24) is 0 Å². The topological polar surface area (TPSA) is 102 Å². The van der Waals surface area contributed by atoms with Gasteiger partial charge in [-0.1, -0.05) is 137 Å². The van der Waals surface area contributed by atoms with E-state index in [1.54, 1.807) is 0 Å². The molecule has 0 bridgehead atoms. The highest BCUT2D eigenvalue weighted by Crippen LogP contribution is 2.12. The van der Waals surface area contributed by atoms with Crippen molar-refractivity contribution in [2.45, 2.75) is 135 Å². The van der Waals surface area contributed by atoms with Crippen molar-refractivity contribution in [1.29, 1.82) is 0 Å². The number of carboxylic acids is 1. The van der Waals surface area contributed by atoms with Gasteiger partial charge in [-0.2, -0.15) is 0 Å². The number of aliphatic hydroxyl groups is 1. The van der Waals surface area contributed by atoms with Crippen LogP contribution in [0.3, 0.4) is 0 Å². The van der Waals surface area contributed by atoms with Gasteiger partial charge in [-0.25, -0.2) is 4.79 Å². The van der Waals surface area contributed by atoms with Crippen LogP contribution in [-0.2, 0) is 23.8 Å². The van der Waals surface area contributed by atoms with Gasteiger partial charge >= 0.3 is 11.9 Å². The normalized spacial score (nSPS) is 14.1. The Hall–Kier alpha value is -3.04. The second kappa shape index (κ2) is 36.3. The van der Waals surface area contributed by atoms with Crippen LogP contribution in [-0.4, -0.2) is 86.5 Å². The number of hydrogen-bond acceptors (Lipinski definition) is 6. The lowest BCUT2D eigenvalue weighted by Gasteiger charge is -2.24. The van der Waals surface area contributed by atoms with Crippen molar-refractivity contribution in [3.05, 3.63) is 85.1 Å². The van der Waals surface area contributed by atoms with E-state index in [4.69, 9.17) is 14.2 Å². The summed E-state index contributed by atoms with van der Waals surface area (Å²) in [5, 5.41) is 19.2. The van der Waals surface area contributed by atoms with Crippen molar-refractivity contribution in [3.8, 4) is 0 Å². The number of allylic oxidation sites excluding steroid dienone is 14. The van der Waals surface area contributed by atoms with Crippen LogP contribution in [0.2, 0.25) is 0 Å². The number of carboxylic acid groups (broad SMARTS) is 1. The number of unbranched alkanes of at least 4 members (excludes halogenated alkanes) is 9. The Morgan fingerprint density at radius 2 is 1.00 bits per heavy atom. The summed E-state index contributed by atoms with van der Waals surface area (Å²) in [6.07, 6.45) is 47.6. The van der Waals surface area contributed by atoms with E-state index in [1.807, 2.05) is 21.1 Å². The van der Waals surface area contributed by atoms with Gasteiger partial charge in [-0.05, 0) is 64.2 Å². The molecule has 0 saturated heterocycles. The third-order valence-electron chi connectivity index (χ3n) is 7.90. The molecule has 0 heterocycles. The molecule has 0 rings (SSSR count). The zero-order valence-electron chi connectivity index (χ0n) is 33.2. The molecule has 296 valence electrons. The van der Waals surface area contributed by atoms with E-state index in [0.29, 0.717) is 17.4 Å². The predicted molar refractivity (Wildman–Crippen MR) is 216 cm³/mol. The molecule has 0 aromatic heterocycles. The van der Waals surface area contributed by atoms with Gasteiger partial charge in [-0.15, -0.1) is 0 Å². The van der Waals surface area contributed by atoms with Crippen LogP contribution in [0.15, 0.2) is 85.1 Å². The van der Waals surface area contributed by atoms with E-state index in [9.17, 15) is 19.8 Å². The molecule has 0 amide bonds. The average Bonchev–Trinajstić information content (AvgIpc) is 3.10. The number of ether oxygens (including phenoxy) is 3. The fourth-order valence-electron chi connectivity index (χ4n) is 4.81. The van der Waals surface area contributed by atoms with Gasteiger partial charge in [-0.3, -0.25) is 4.79 Å². The molecule has 0 aliphatic heterocycles. The Labute approximate surface area is 317 Å². The number of aliphatic carboxylic acids is 1. The maximum Gasteiger partial charge on any atom is 0.361 e. The summed E-state index contributed by atoms with van der Waals surface area (Å²) in [5.74, 6) is -1.62. The predicted octanol–water partition coefficient (Wildman–Crippen LogP) is 9.98. The van der Waals surface area contributed by atoms with E-state index < -0.39 is 18.4 Å². The summed E-state index contributed by atoms with van der Waals surface area (Å²) in [6, 6.07) is 0. The van der Waals surface area contributed by atoms with Crippen LogP contribution in [0.5, 0.6) is 0 Å². The summed E-state index contributed by atoms with van der Waals surface area (Å²) in [6.45, 7) is 2.44. The van der Waals surface area contributed by atoms with Gasteiger partial charge in [0.1, 0.15) is 19.3 Å². The number of esters is 1. The lowest BCUT2D eigenvalue weighted by molar-refractivity contribution is -0.870. The van der Waals surface area contributed by atoms with Crippen LogP contribution >= 0.6 is 0 Å². The number of aliphatic hydroxyl groups excluding tert-OH is 1. The van der Waals surface area contributed by atoms with Crippen LogP contribution < -0.4 is 0 Å². The van der Waals surface area contributed by atoms with E-state index in [1.165, 1.54) is 38.5 Å². The number of quaternary nitrogens is 1. The molecule has 0 aliphatic carbocycles. The Morgan fingerprint density at radius 1 is 0.577 bits per heavy atom. The summed E-state index contributed by atoms with van der Waals surface area (Å²) in [7, 11) is 5.91. The minimum atomic E-state index is -1.47. The number of nitrogens with zero attached hydrogens (tertiary/aromatic N) is 1. The van der Waals surface area contributed by atoms with E-state index in [0.717, 1.165) is 70.6 Å². The maximum atomic E-state index is 12.0. The summed E-state index contributed by atoms with van der Waals surface area (Å²) >= 11 is 0. The first-order valence-electron chi connectivity index (χ1n) is 19.8. The van der Waals surface area contributed by atoms with E-state index >= 15 is 0 Å². The number of rotatable bonds is 35. The smallest absolute Gasteiger partial charge is 0.361 e. The minimum absolute atomic E-state index is 0.205. The molecular weight excluding hydrogens is 654 g/mol. The van der Waals surface area contributed by atoms with Gasteiger partial charge in [0, 0.05) is 6.42 Å². The van der Waals surface area contributed by atoms with Crippen molar-refractivity contribution in [2.75, 3.05) is 47.5 Å². The van der Waals surface area contributed by atoms with Crippen molar-refractivity contribution in [3.63, 3.8) is 0 Å². The van der Waals surface area contributed by atoms with E-state index in [-0.39, 0.29) is 25.8 Å². The van der Waals surface area contributed by atoms with Crippen LogP contribution in [0.4, 0.5) is 0 Å². The number of hydrogen-bond donors (Lipinski definition) is 2. The molecule has 0 aliphatic rings. The molecule has 0 aromatic rings. The summed E-state index contributed by atoms with van der Waals surface area (Å²) < 4.78 is 16.2. The average molecular weight is 729 g/mol. The highest BCUT2D eigenvalue weighted by atomic mass is 16.7. The number of likely N-dealkylation sites (N-methyl/N-ethyl adjacent to an activating group) is 1. The maximum absolute atomic E-state index is 12.0. The number of carbonyl (C=O) groups excluding carboxylic acids is 1. The first-order chi connectivity index (χ1) is 25.2. The molecule has 0 spiro atoms. The highest BCUT2D eigenvalue weighted by molar-refractivity contribution is 5.70. The Kier molecular flexibility index (Phi) is 34.2. The molecular formula is C44H74NO7+. The molecule has 0 radical (unpaired) electrons. The van der Waals surface area contributed by atoms with Crippen molar-refractivity contribution < 1.29 is 38.5 Å². The van der Waals surface area contributed by atoms with Gasteiger partial charge in [0.05, 0.1) is 34.4 Å². The highest BCUT2D eigenvalue weighted by Gasteiger charge is 2.22. The third kappa shape index (κ3) is 38.2. The molecule has 52 heavy (non-hydrogen) atoms. The zero-order valence-corrected chi connectivity index (χ0v) is 33.2. The first-order valence-corrected chi connectivity index (χ1v) is 19.8. The van der Waals surface area contributed by atoms with Crippen molar-refractivity contribution in [2.24, 2.45) is 0 Å². The lowest BCUT2D eigenvalue weighted by Crippen LogP contribution is -2.40. The van der Waals surface area contributed by atoms with Gasteiger partial charge in [0.25, 0.3) is 6.29 Å². The van der Waals surface area contributed by atoms with Crippen molar-refractivity contribution >= 4 is 11.9 Å². The second-order valence-corrected chi connectivity index (χ2v) is 14.1. The van der Waals surface area contributed by atoms with Gasteiger partial charge < -0.3 is 28.9 Å². The number of carbonyl (C=O) groups is 2. The lowest BCUT2D eigenvalue weighted by atomic mass is 10.1. The van der Waals surface area contributed by atoms with Gasteiger partial charge in [0.15, 0.2) is 0 Å². The fourth-order valence-corrected chi connectivity index (χ4v) is 4.81. The molecule has 0 aromatic carbocycles. The molecule has 0 fully saturated rings. The largest absolute Gasteiger partial charge is 0.477 e. The quantitative estimate of drug-likeness (QED) is 0.0220. The SMILES string of the molecule is CC/C=C\C/C=C\C/C=C\C/C=C\C/C=C\C/C=C\C/C=C\CCCCCCCCCCCC(=O)OCC(O)COC(OCC[N+](C)(C)C)C(=O)O. The molecule has 2 atom stereocenters. The van der Waals surface area contributed by atoms with Crippen LogP contribution in [0, 0.1) is 0 Å². The summed E-state index contributed by atoms with van der Waals surface area (Å²) in [4.78, 5) is 23.3. The van der Waals surface area contributed by atoms with Crippen LogP contribution in [0.1, 0.15) is 122 Å². The Morgan fingerprint density at radius 3 is 1.44 bits per heavy atom. The third-order valence-corrected chi connectivity index (χ3v) is 7.90. The second-order valence-electron chi connectivity index (χ2n) is 14.1. The zero-order chi connectivity index (χ0) is 38.4.